The Morgan fingerprint density at radius 2 is 2.07 bits per heavy atom. The second-order valence-electron chi connectivity index (χ2n) is 5.15. The Bertz CT molecular complexity index is 158. The third kappa shape index (κ3) is 3.97. The van der Waals surface area contributed by atoms with Gasteiger partial charge in [0.1, 0.15) is 6.23 Å². The highest BCUT2D eigenvalue weighted by molar-refractivity contribution is 4.75. The smallest absolute Gasteiger partial charge is 0.102 e. The lowest BCUT2D eigenvalue weighted by Crippen LogP contribution is -2.23. The van der Waals surface area contributed by atoms with E-state index in [0.29, 0.717) is 0 Å². The summed E-state index contributed by atoms with van der Waals surface area (Å²) in [7, 11) is 0. The van der Waals surface area contributed by atoms with E-state index in [1.807, 2.05) is 0 Å². The Labute approximate surface area is 87.9 Å². The van der Waals surface area contributed by atoms with Gasteiger partial charge in [0.15, 0.2) is 0 Å². The van der Waals surface area contributed by atoms with Gasteiger partial charge in [0, 0.05) is 0 Å². The number of aliphatic hydroxyl groups is 1. The van der Waals surface area contributed by atoms with E-state index >= 15 is 0 Å². The van der Waals surface area contributed by atoms with Crippen LogP contribution in [0.15, 0.2) is 0 Å². The summed E-state index contributed by atoms with van der Waals surface area (Å²) in [4.78, 5) is 0. The van der Waals surface area contributed by atoms with Crippen LogP contribution < -0.4 is 5.73 Å². The number of aliphatic hydroxyl groups excluding tert-OH is 1. The highest BCUT2D eigenvalue weighted by Gasteiger charge is 2.23. The molecule has 1 saturated carbocycles. The molecule has 2 nitrogen and oxygen atoms in total. The van der Waals surface area contributed by atoms with Crippen LogP contribution in [0.2, 0.25) is 0 Å². The van der Waals surface area contributed by atoms with E-state index in [2.05, 4.69) is 13.8 Å². The largest absolute Gasteiger partial charge is 0.379 e. The van der Waals surface area contributed by atoms with E-state index in [9.17, 15) is 0 Å². The minimum absolute atomic E-state index is 0.613. The zero-order valence-electron chi connectivity index (χ0n) is 9.58. The second-order valence-corrected chi connectivity index (χ2v) is 5.15. The zero-order chi connectivity index (χ0) is 10.6. The second kappa shape index (κ2) is 5.72. The van der Waals surface area contributed by atoms with E-state index in [0.717, 1.165) is 30.6 Å². The Kier molecular flexibility index (Phi) is 4.90. The first-order chi connectivity index (χ1) is 6.59. The maximum atomic E-state index is 9.03. The highest BCUT2D eigenvalue weighted by Crippen LogP contribution is 2.35. The lowest BCUT2D eigenvalue weighted by atomic mass is 9.75. The standard InChI is InChI=1S/C12H25NO/c1-9-4-3-5-11(8-9)10(2)6-7-12(13)14/h9-12,14H,3-8,13H2,1-2H3/t9?,10-,11?,12?/m0/s1. The van der Waals surface area contributed by atoms with Crippen molar-refractivity contribution in [2.24, 2.45) is 23.5 Å². The molecule has 1 aliphatic rings. The van der Waals surface area contributed by atoms with Gasteiger partial charge in [-0.15, -0.1) is 0 Å². The van der Waals surface area contributed by atoms with Gasteiger partial charge in [-0.3, -0.25) is 0 Å². The fourth-order valence-corrected chi connectivity index (χ4v) is 2.67. The summed E-state index contributed by atoms with van der Waals surface area (Å²) >= 11 is 0. The molecule has 0 amide bonds. The van der Waals surface area contributed by atoms with E-state index in [1.165, 1.54) is 25.7 Å². The van der Waals surface area contributed by atoms with Gasteiger partial charge in [-0.2, -0.15) is 0 Å². The van der Waals surface area contributed by atoms with Crippen molar-refractivity contribution in [3.8, 4) is 0 Å². The number of hydrogen-bond acceptors (Lipinski definition) is 2. The van der Waals surface area contributed by atoms with Gasteiger partial charge in [0.2, 0.25) is 0 Å². The van der Waals surface area contributed by atoms with Crippen molar-refractivity contribution in [2.45, 2.75) is 58.6 Å². The Morgan fingerprint density at radius 1 is 1.36 bits per heavy atom. The predicted octanol–water partition coefficient (Wildman–Crippen LogP) is 2.51. The SMILES string of the molecule is CC1CCCC([C@@H](C)CCC(N)O)C1. The summed E-state index contributed by atoms with van der Waals surface area (Å²) < 4.78 is 0. The summed E-state index contributed by atoms with van der Waals surface area (Å²) in [5.74, 6) is 2.51. The summed E-state index contributed by atoms with van der Waals surface area (Å²) in [6, 6.07) is 0. The van der Waals surface area contributed by atoms with Crippen LogP contribution in [-0.2, 0) is 0 Å². The molecule has 0 heterocycles. The number of hydrogen-bond donors (Lipinski definition) is 2. The molecule has 1 rings (SSSR count). The summed E-state index contributed by atoms with van der Waals surface area (Å²) in [5.41, 5.74) is 5.35. The molecule has 0 bridgehead atoms. The monoisotopic (exact) mass is 199 g/mol. The van der Waals surface area contributed by atoms with E-state index < -0.39 is 6.23 Å². The van der Waals surface area contributed by atoms with Gasteiger partial charge in [-0.05, 0) is 37.0 Å². The predicted molar refractivity (Wildman–Crippen MR) is 59.7 cm³/mol. The molecule has 14 heavy (non-hydrogen) atoms. The molecule has 0 radical (unpaired) electrons. The van der Waals surface area contributed by atoms with Crippen molar-refractivity contribution >= 4 is 0 Å². The molecule has 1 fully saturated rings. The molecule has 0 saturated heterocycles. The number of rotatable bonds is 4. The average Bonchev–Trinajstić information content (AvgIpc) is 2.14. The Balaban J connectivity index is 2.25. The Morgan fingerprint density at radius 3 is 2.64 bits per heavy atom. The topological polar surface area (TPSA) is 46.2 Å². The van der Waals surface area contributed by atoms with Gasteiger partial charge < -0.3 is 10.8 Å². The fourth-order valence-electron chi connectivity index (χ4n) is 2.67. The van der Waals surface area contributed by atoms with Crippen LogP contribution in [0.3, 0.4) is 0 Å². The lowest BCUT2D eigenvalue weighted by Gasteiger charge is -2.31. The summed E-state index contributed by atoms with van der Waals surface area (Å²) in [5, 5.41) is 9.03. The van der Waals surface area contributed by atoms with Crippen molar-refractivity contribution in [2.75, 3.05) is 0 Å². The summed E-state index contributed by atoms with van der Waals surface area (Å²) in [6.45, 7) is 4.67. The van der Waals surface area contributed by atoms with Crippen LogP contribution in [0.25, 0.3) is 0 Å². The maximum absolute atomic E-state index is 9.03. The van der Waals surface area contributed by atoms with Crippen LogP contribution in [0, 0.1) is 17.8 Å². The fraction of sp³-hybridized carbons (Fsp3) is 1.00. The molecule has 3 N–H and O–H groups in total. The first-order valence-electron chi connectivity index (χ1n) is 6.03. The molecule has 84 valence electrons. The van der Waals surface area contributed by atoms with Crippen LogP contribution >= 0.6 is 0 Å². The van der Waals surface area contributed by atoms with Crippen LogP contribution in [0.5, 0.6) is 0 Å². The third-order valence-corrected chi connectivity index (χ3v) is 3.70. The minimum Gasteiger partial charge on any atom is -0.379 e. The third-order valence-electron chi connectivity index (χ3n) is 3.70. The molecule has 1 aliphatic carbocycles. The van der Waals surface area contributed by atoms with Crippen molar-refractivity contribution in [3.63, 3.8) is 0 Å². The molecule has 2 heteroatoms. The molecule has 0 aromatic rings. The van der Waals surface area contributed by atoms with Crippen LogP contribution in [0.1, 0.15) is 52.4 Å². The molecule has 0 aliphatic heterocycles. The van der Waals surface area contributed by atoms with E-state index in [-0.39, 0.29) is 0 Å². The minimum atomic E-state index is -0.613. The zero-order valence-corrected chi connectivity index (χ0v) is 9.58. The molecule has 0 aromatic heterocycles. The van der Waals surface area contributed by atoms with Crippen molar-refractivity contribution in [1.29, 1.82) is 0 Å². The quantitative estimate of drug-likeness (QED) is 0.683. The average molecular weight is 199 g/mol. The summed E-state index contributed by atoms with van der Waals surface area (Å²) in [6.07, 6.45) is 6.78. The normalized spacial score (nSPS) is 32.6. The molecule has 0 spiro atoms. The van der Waals surface area contributed by atoms with E-state index in [4.69, 9.17) is 10.8 Å². The van der Waals surface area contributed by atoms with Crippen molar-refractivity contribution in [3.05, 3.63) is 0 Å². The number of nitrogens with two attached hydrogens (primary N) is 1. The molecule has 0 aromatic carbocycles. The molecule has 3 unspecified atom stereocenters. The van der Waals surface area contributed by atoms with Gasteiger partial charge in [-0.25, -0.2) is 0 Å². The van der Waals surface area contributed by atoms with Gasteiger partial charge in [-0.1, -0.05) is 33.1 Å². The van der Waals surface area contributed by atoms with Gasteiger partial charge in [0.05, 0.1) is 0 Å². The first-order valence-corrected chi connectivity index (χ1v) is 6.03. The lowest BCUT2D eigenvalue weighted by molar-refractivity contribution is 0.143. The van der Waals surface area contributed by atoms with Gasteiger partial charge >= 0.3 is 0 Å². The van der Waals surface area contributed by atoms with Gasteiger partial charge in [0.25, 0.3) is 0 Å². The Hall–Kier alpha value is -0.0800. The molecule has 4 atom stereocenters. The highest BCUT2D eigenvalue weighted by atomic mass is 16.3. The molecular weight excluding hydrogens is 174 g/mol. The van der Waals surface area contributed by atoms with Crippen molar-refractivity contribution < 1.29 is 5.11 Å². The molecular formula is C12H25NO. The van der Waals surface area contributed by atoms with E-state index in [1.54, 1.807) is 0 Å². The maximum Gasteiger partial charge on any atom is 0.102 e. The van der Waals surface area contributed by atoms with Crippen molar-refractivity contribution in [1.82, 2.24) is 0 Å². The van der Waals surface area contributed by atoms with Crippen LogP contribution in [-0.4, -0.2) is 11.3 Å². The first kappa shape index (κ1) is 12.0. The van der Waals surface area contributed by atoms with Crippen LogP contribution in [0.4, 0.5) is 0 Å².